The summed E-state index contributed by atoms with van der Waals surface area (Å²) >= 11 is 0. The number of carbonyl (C=O) groups is 1. The number of aryl methyl sites for hydroxylation is 1. The molecule has 0 bridgehead atoms. The summed E-state index contributed by atoms with van der Waals surface area (Å²) in [6, 6.07) is 13.5. The van der Waals surface area contributed by atoms with Gasteiger partial charge in [-0.25, -0.2) is 4.79 Å². The van der Waals surface area contributed by atoms with Crippen LogP contribution in [0.3, 0.4) is 0 Å². The number of nitrogens with zero attached hydrogens (tertiary/aromatic N) is 2. The van der Waals surface area contributed by atoms with Crippen molar-refractivity contribution >= 4 is 6.03 Å². The molecular formula is C22H23F3N4O. The van der Waals surface area contributed by atoms with Gasteiger partial charge in [0, 0.05) is 24.8 Å². The highest BCUT2D eigenvalue weighted by molar-refractivity contribution is 5.75. The van der Waals surface area contributed by atoms with E-state index in [1.807, 2.05) is 36.5 Å². The normalized spacial score (nSPS) is 13.5. The van der Waals surface area contributed by atoms with Crippen molar-refractivity contribution in [3.8, 4) is 0 Å². The van der Waals surface area contributed by atoms with E-state index in [2.05, 4.69) is 15.7 Å². The molecule has 0 fully saturated rings. The third-order valence-corrected chi connectivity index (χ3v) is 4.67. The summed E-state index contributed by atoms with van der Waals surface area (Å²) in [5.74, 6) is 0. The molecule has 0 radical (unpaired) electrons. The Balaban J connectivity index is 1.63. The fraction of sp³-hybridized carbons (Fsp3) is 0.273. The number of alkyl halides is 3. The molecule has 3 rings (SSSR count). The van der Waals surface area contributed by atoms with Gasteiger partial charge < -0.3 is 10.6 Å². The van der Waals surface area contributed by atoms with Gasteiger partial charge in [0.2, 0.25) is 0 Å². The number of urea groups is 1. The Morgan fingerprint density at radius 1 is 1.03 bits per heavy atom. The quantitative estimate of drug-likeness (QED) is 0.623. The summed E-state index contributed by atoms with van der Waals surface area (Å²) in [6.45, 7) is 1.80. The lowest BCUT2D eigenvalue weighted by Gasteiger charge is -2.21. The van der Waals surface area contributed by atoms with E-state index in [1.165, 1.54) is 12.1 Å². The summed E-state index contributed by atoms with van der Waals surface area (Å²) < 4.78 is 39.7. The monoisotopic (exact) mass is 416 g/mol. The Hall–Kier alpha value is -3.29. The first-order chi connectivity index (χ1) is 14.2. The van der Waals surface area contributed by atoms with Crippen LogP contribution < -0.4 is 10.6 Å². The van der Waals surface area contributed by atoms with E-state index in [-0.39, 0.29) is 18.1 Å². The molecule has 2 aromatic carbocycles. The zero-order chi connectivity index (χ0) is 21.7. The minimum Gasteiger partial charge on any atom is -0.335 e. The molecule has 2 N–H and O–H groups in total. The second-order valence-corrected chi connectivity index (χ2v) is 7.21. The van der Waals surface area contributed by atoms with E-state index in [4.69, 9.17) is 0 Å². The maximum atomic E-state index is 12.7. The number of halogens is 3. The van der Waals surface area contributed by atoms with Crippen LogP contribution in [0.25, 0.3) is 0 Å². The minimum absolute atomic E-state index is 0.271. The second-order valence-electron chi connectivity index (χ2n) is 7.21. The molecule has 3 aromatic rings. The molecule has 158 valence electrons. The lowest BCUT2D eigenvalue weighted by molar-refractivity contribution is -0.137. The molecule has 0 aliphatic carbocycles. The molecule has 0 spiro atoms. The van der Waals surface area contributed by atoms with Crippen molar-refractivity contribution in [3.05, 3.63) is 89.2 Å². The number of benzene rings is 2. The van der Waals surface area contributed by atoms with Crippen LogP contribution in [-0.2, 0) is 19.6 Å². The van der Waals surface area contributed by atoms with Gasteiger partial charge in [-0.2, -0.15) is 18.3 Å². The summed E-state index contributed by atoms with van der Waals surface area (Å²) in [5, 5.41) is 9.98. The van der Waals surface area contributed by atoms with Crippen molar-refractivity contribution in [2.45, 2.75) is 31.6 Å². The number of carbonyl (C=O) groups excluding carboxylic acids is 1. The molecule has 2 unspecified atom stereocenters. The number of aromatic nitrogens is 2. The van der Waals surface area contributed by atoms with Crippen LogP contribution in [0.15, 0.2) is 67.0 Å². The SMILES string of the molecule is CC(Cc1ccc(C(F)(F)F)cc1)NC(=O)NC(c1ccccc1)c1cnn(C)c1. The molecule has 0 saturated carbocycles. The van der Waals surface area contributed by atoms with Crippen molar-refractivity contribution in [1.82, 2.24) is 20.4 Å². The topological polar surface area (TPSA) is 59.0 Å². The molecule has 0 aliphatic rings. The molecule has 2 amide bonds. The third kappa shape index (κ3) is 5.62. The number of hydrogen-bond donors (Lipinski definition) is 2. The van der Waals surface area contributed by atoms with E-state index in [1.54, 1.807) is 24.9 Å². The molecule has 5 nitrogen and oxygen atoms in total. The summed E-state index contributed by atoms with van der Waals surface area (Å²) in [5.41, 5.74) is 1.78. The van der Waals surface area contributed by atoms with Gasteiger partial charge in [-0.3, -0.25) is 4.68 Å². The van der Waals surface area contributed by atoms with E-state index < -0.39 is 11.7 Å². The molecule has 1 heterocycles. The third-order valence-electron chi connectivity index (χ3n) is 4.67. The average Bonchev–Trinajstić information content (AvgIpc) is 3.12. The van der Waals surface area contributed by atoms with Gasteiger partial charge in [-0.15, -0.1) is 0 Å². The van der Waals surface area contributed by atoms with Crippen molar-refractivity contribution in [2.24, 2.45) is 7.05 Å². The molecule has 8 heteroatoms. The van der Waals surface area contributed by atoms with Gasteiger partial charge in [-0.05, 0) is 36.6 Å². The van der Waals surface area contributed by atoms with Gasteiger partial charge in [0.15, 0.2) is 0 Å². The Morgan fingerprint density at radius 3 is 2.27 bits per heavy atom. The maximum Gasteiger partial charge on any atom is 0.416 e. The highest BCUT2D eigenvalue weighted by Gasteiger charge is 2.30. The molecule has 0 saturated heterocycles. The first kappa shape index (κ1) is 21.4. The van der Waals surface area contributed by atoms with Crippen LogP contribution in [0.1, 0.15) is 35.2 Å². The fourth-order valence-electron chi connectivity index (χ4n) is 3.22. The lowest BCUT2D eigenvalue weighted by Crippen LogP contribution is -2.43. The summed E-state index contributed by atoms with van der Waals surface area (Å²) in [4.78, 5) is 12.6. The van der Waals surface area contributed by atoms with Crippen molar-refractivity contribution in [3.63, 3.8) is 0 Å². The average molecular weight is 416 g/mol. The van der Waals surface area contributed by atoms with Crippen LogP contribution in [0.2, 0.25) is 0 Å². The summed E-state index contributed by atoms with van der Waals surface area (Å²) in [6.07, 6.45) is -0.414. The predicted molar refractivity (Wildman–Crippen MR) is 108 cm³/mol. The van der Waals surface area contributed by atoms with Gasteiger partial charge in [0.05, 0.1) is 17.8 Å². The van der Waals surface area contributed by atoms with E-state index >= 15 is 0 Å². The number of nitrogens with one attached hydrogen (secondary N) is 2. The summed E-state index contributed by atoms with van der Waals surface area (Å²) in [7, 11) is 1.80. The number of rotatable bonds is 6. The Labute approximate surface area is 172 Å². The van der Waals surface area contributed by atoms with Gasteiger partial charge in [-0.1, -0.05) is 42.5 Å². The number of amides is 2. The predicted octanol–water partition coefficient (Wildman–Crippen LogP) is 4.46. The van der Waals surface area contributed by atoms with E-state index in [0.717, 1.165) is 23.3 Å². The second kappa shape index (κ2) is 9.02. The first-order valence-corrected chi connectivity index (χ1v) is 9.49. The van der Waals surface area contributed by atoms with Crippen LogP contribution >= 0.6 is 0 Å². The van der Waals surface area contributed by atoms with E-state index in [9.17, 15) is 18.0 Å². The molecular weight excluding hydrogens is 393 g/mol. The molecule has 1 aromatic heterocycles. The number of hydrogen-bond acceptors (Lipinski definition) is 2. The molecule has 30 heavy (non-hydrogen) atoms. The standard InChI is InChI=1S/C22H23F3N4O/c1-15(12-16-8-10-19(11-9-16)22(23,24)25)27-21(30)28-20(17-6-4-3-5-7-17)18-13-26-29(2)14-18/h3-11,13-15,20H,12H2,1-2H3,(H2,27,28,30). The fourth-order valence-corrected chi connectivity index (χ4v) is 3.22. The minimum atomic E-state index is -4.36. The maximum absolute atomic E-state index is 12.7. The Bertz CT molecular complexity index is 968. The highest BCUT2D eigenvalue weighted by Crippen LogP contribution is 2.29. The zero-order valence-electron chi connectivity index (χ0n) is 16.6. The lowest BCUT2D eigenvalue weighted by atomic mass is 10.0. The molecule has 0 aliphatic heterocycles. The van der Waals surface area contributed by atoms with Crippen molar-refractivity contribution < 1.29 is 18.0 Å². The highest BCUT2D eigenvalue weighted by atomic mass is 19.4. The van der Waals surface area contributed by atoms with Crippen LogP contribution in [0.4, 0.5) is 18.0 Å². The Kier molecular flexibility index (Phi) is 6.44. The van der Waals surface area contributed by atoms with E-state index in [0.29, 0.717) is 12.0 Å². The first-order valence-electron chi connectivity index (χ1n) is 9.49. The zero-order valence-corrected chi connectivity index (χ0v) is 16.6. The van der Waals surface area contributed by atoms with Crippen molar-refractivity contribution in [2.75, 3.05) is 0 Å². The van der Waals surface area contributed by atoms with Gasteiger partial charge in [0.25, 0.3) is 0 Å². The van der Waals surface area contributed by atoms with Crippen molar-refractivity contribution in [1.29, 1.82) is 0 Å². The molecule has 2 atom stereocenters. The Morgan fingerprint density at radius 2 is 1.70 bits per heavy atom. The van der Waals surface area contributed by atoms with Crippen LogP contribution in [0, 0.1) is 0 Å². The van der Waals surface area contributed by atoms with Crippen LogP contribution in [0.5, 0.6) is 0 Å². The smallest absolute Gasteiger partial charge is 0.335 e. The van der Waals surface area contributed by atoms with Gasteiger partial charge >= 0.3 is 12.2 Å². The largest absolute Gasteiger partial charge is 0.416 e. The van der Waals surface area contributed by atoms with Gasteiger partial charge in [0.1, 0.15) is 0 Å². The van der Waals surface area contributed by atoms with Crippen LogP contribution in [-0.4, -0.2) is 21.9 Å².